The first-order valence-corrected chi connectivity index (χ1v) is 6.81. The van der Waals surface area contributed by atoms with E-state index in [1.165, 1.54) is 11.0 Å². The van der Waals surface area contributed by atoms with Gasteiger partial charge in [0.25, 0.3) is 5.56 Å². The van der Waals surface area contributed by atoms with Gasteiger partial charge in [-0.05, 0) is 20.3 Å². The molecule has 0 amide bonds. The Morgan fingerprint density at radius 1 is 1.35 bits per heavy atom. The lowest BCUT2D eigenvalue weighted by Gasteiger charge is -2.10. The Morgan fingerprint density at radius 3 is 2.80 bits per heavy atom. The van der Waals surface area contributed by atoms with Gasteiger partial charge in [-0.15, -0.1) is 0 Å². The molecule has 0 unspecified atom stereocenters. The second-order valence-electron chi connectivity index (χ2n) is 4.88. The van der Waals surface area contributed by atoms with Crippen LogP contribution < -0.4 is 10.9 Å². The fourth-order valence-corrected chi connectivity index (χ4v) is 1.87. The van der Waals surface area contributed by atoms with Crippen LogP contribution >= 0.6 is 0 Å². The van der Waals surface area contributed by atoms with E-state index in [0.29, 0.717) is 6.54 Å². The van der Waals surface area contributed by atoms with E-state index in [9.17, 15) is 4.79 Å². The summed E-state index contributed by atoms with van der Waals surface area (Å²) < 4.78 is 3.18. The zero-order chi connectivity index (χ0) is 14.5. The SMILES string of the molecule is CCCNc1cnn(Cc2ncnn2C(C)C)c(=O)c1. The number of aromatic nitrogens is 5. The molecule has 7 nitrogen and oxygen atoms in total. The summed E-state index contributed by atoms with van der Waals surface area (Å²) in [6.07, 6.45) is 4.16. The number of hydrogen-bond donors (Lipinski definition) is 1. The molecule has 2 rings (SSSR count). The molecule has 1 N–H and O–H groups in total. The van der Waals surface area contributed by atoms with E-state index >= 15 is 0 Å². The van der Waals surface area contributed by atoms with Gasteiger partial charge < -0.3 is 5.32 Å². The third kappa shape index (κ3) is 3.23. The number of nitrogens with zero attached hydrogens (tertiary/aromatic N) is 5. The normalized spacial score (nSPS) is 11.0. The van der Waals surface area contributed by atoms with Crippen molar-refractivity contribution in [3.05, 3.63) is 34.8 Å². The van der Waals surface area contributed by atoms with E-state index in [1.54, 1.807) is 16.9 Å². The summed E-state index contributed by atoms with van der Waals surface area (Å²) >= 11 is 0. The average Bonchev–Trinajstić information content (AvgIpc) is 2.87. The maximum Gasteiger partial charge on any atom is 0.269 e. The smallest absolute Gasteiger partial charge is 0.269 e. The molecule has 0 fully saturated rings. The van der Waals surface area contributed by atoms with E-state index in [4.69, 9.17) is 0 Å². The van der Waals surface area contributed by atoms with Crippen LogP contribution in [0.25, 0.3) is 0 Å². The third-order valence-corrected chi connectivity index (χ3v) is 2.88. The lowest BCUT2D eigenvalue weighted by Crippen LogP contribution is -2.25. The molecule has 0 radical (unpaired) electrons. The van der Waals surface area contributed by atoms with Crippen molar-refractivity contribution >= 4 is 5.69 Å². The van der Waals surface area contributed by atoms with E-state index in [2.05, 4.69) is 27.4 Å². The number of anilines is 1. The molecule has 2 aromatic rings. The highest BCUT2D eigenvalue weighted by atomic mass is 16.1. The highest BCUT2D eigenvalue weighted by Crippen LogP contribution is 2.06. The molecule has 0 saturated carbocycles. The summed E-state index contributed by atoms with van der Waals surface area (Å²) in [5, 5.41) is 11.5. The van der Waals surface area contributed by atoms with Gasteiger partial charge in [-0.2, -0.15) is 10.2 Å². The Bertz CT molecular complexity index is 615. The first kappa shape index (κ1) is 14.2. The number of rotatable bonds is 6. The van der Waals surface area contributed by atoms with Gasteiger partial charge >= 0.3 is 0 Å². The zero-order valence-electron chi connectivity index (χ0n) is 12.1. The van der Waals surface area contributed by atoms with Gasteiger partial charge in [-0.1, -0.05) is 6.92 Å². The standard InChI is InChI=1S/C13H20N6O/c1-4-5-14-11-6-13(20)18(16-7-11)8-12-15-9-17-19(12)10(2)3/h6-7,9-10,14H,4-5,8H2,1-3H3. The summed E-state index contributed by atoms with van der Waals surface area (Å²) in [6, 6.07) is 1.76. The summed E-state index contributed by atoms with van der Waals surface area (Å²) in [6.45, 7) is 7.26. The number of hydrogen-bond acceptors (Lipinski definition) is 5. The van der Waals surface area contributed by atoms with Crippen molar-refractivity contribution in [1.82, 2.24) is 24.5 Å². The van der Waals surface area contributed by atoms with Gasteiger partial charge in [0.1, 0.15) is 18.7 Å². The molecule has 0 atom stereocenters. The molecular formula is C13H20N6O. The van der Waals surface area contributed by atoms with Gasteiger partial charge in [-0.3, -0.25) is 4.79 Å². The van der Waals surface area contributed by atoms with Gasteiger partial charge in [0, 0.05) is 18.7 Å². The molecule has 20 heavy (non-hydrogen) atoms. The minimum atomic E-state index is -0.149. The molecule has 0 spiro atoms. The van der Waals surface area contributed by atoms with Crippen molar-refractivity contribution < 1.29 is 0 Å². The van der Waals surface area contributed by atoms with Crippen molar-refractivity contribution in [2.24, 2.45) is 0 Å². The van der Waals surface area contributed by atoms with Crippen LogP contribution in [0.4, 0.5) is 5.69 Å². The monoisotopic (exact) mass is 276 g/mol. The van der Waals surface area contributed by atoms with Crippen molar-refractivity contribution in [3.63, 3.8) is 0 Å². The van der Waals surface area contributed by atoms with Crippen molar-refractivity contribution in [3.8, 4) is 0 Å². The van der Waals surface area contributed by atoms with Crippen LogP contribution in [-0.2, 0) is 6.54 Å². The second-order valence-corrected chi connectivity index (χ2v) is 4.88. The topological polar surface area (TPSA) is 77.6 Å². The maximum atomic E-state index is 12.0. The Balaban J connectivity index is 2.17. The predicted molar refractivity (Wildman–Crippen MR) is 76.8 cm³/mol. The van der Waals surface area contributed by atoms with E-state index in [1.807, 2.05) is 13.8 Å². The lowest BCUT2D eigenvalue weighted by atomic mass is 10.4. The highest BCUT2D eigenvalue weighted by Gasteiger charge is 2.09. The van der Waals surface area contributed by atoms with Crippen molar-refractivity contribution in [2.45, 2.75) is 39.8 Å². The molecule has 0 saturated heterocycles. The quantitative estimate of drug-likeness (QED) is 0.860. The van der Waals surface area contributed by atoms with Gasteiger partial charge in [0.15, 0.2) is 0 Å². The molecule has 7 heteroatoms. The van der Waals surface area contributed by atoms with Crippen LogP contribution in [0.15, 0.2) is 23.4 Å². The second kappa shape index (κ2) is 6.31. The van der Waals surface area contributed by atoms with Gasteiger partial charge in [0.2, 0.25) is 0 Å². The third-order valence-electron chi connectivity index (χ3n) is 2.88. The molecule has 2 aromatic heterocycles. The Labute approximate surface area is 117 Å². The zero-order valence-corrected chi connectivity index (χ0v) is 12.1. The minimum Gasteiger partial charge on any atom is -0.384 e. The largest absolute Gasteiger partial charge is 0.384 e. The molecule has 0 bridgehead atoms. The summed E-state index contributed by atoms with van der Waals surface area (Å²) in [7, 11) is 0. The minimum absolute atomic E-state index is 0.149. The van der Waals surface area contributed by atoms with E-state index in [0.717, 1.165) is 24.5 Å². The van der Waals surface area contributed by atoms with Crippen LogP contribution in [0.2, 0.25) is 0 Å². The Hall–Kier alpha value is -2.18. The van der Waals surface area contributed by atoms with Crippen molar-refractivity contribution in [2.75, 3.05) is 11.9 Å². The van der Waals surface area contributed by atoms with Crippen LogP contribution in [0.3, 0.4) is 0 Å². The van der Waals surface area contributed by atoms with Crippen LogP contribution in [-0.4, -0.2) is 31.1 Å². The molecule has 0 aliphatic rings. The van der Waals surface area contributed by atoms with Gasteiger partial charge in [0.05, 0.1) is 11.9 Å². The number of nitrogens with one attached hydrogen (secondary N) is 1. The van der Waals surface area contributed by atoms with Crippen LogP contribution in [0, 0.1) is 0 Å². The summed E-state index contributed by atoms with van der Waals surface area (Å²) in [4.78, 5) is 16.2. The predicted octanol–water partition coefficient (Wildman–Crippen LogP) is 1.29. The van der Waals surface area contributed by atoms with E-state index < -0.39 is 0 Å². The fraction of sp³-hybridized carbons (Fsp3) is 0.538. The highest BCUT2D eigenvalue weighted by molar-refractivity contribution is 5.38. The molecule has 0 aliphatic heterocycles. The molecule has 0 aliphatic carbocycles. The van der Waals surface area contributed by atoms with Crippen LogP contribution in [0.1, 0.15) is 39.1 Å². The van der Waals surface area contributed by atoms with Crippen LogP contribution in [0.5, 0.6) is 0 Å². The summed E-state index contributed by atoms with van der Waals surface area (Å²) in [5.74, 6) is 0.726. The van der Waals surface area contributed by atoms with Crippen molar-refractivity contribution in [1.29, 1.82) is 0 Å². The Morgan fingerprint density at radius 2 is 2.15 bits per heavy atom. The first-order valence-electron chi connectivity index (χ1n) is 6.81. The molecule has 0 aromatic carbocycles. The van der Waals surface area contributed by atoms with E-state index in [-0.39, 0.29) is 11.6 Å². The molecular weight excluding hydrogens is 256 g/mol. The lowest BCUT2D eigenvalue weighted by molar-refractivity contribution is 0.482. The molecule has 108 valence electrons. The average molecular weight is 276 g/mol. The molecule has 2 heterocycles. The summed E-state index contributed by atoms with van der Waals surface area (Å²) in [5.41, 5.74) is 0.600. The fourth-order valence-electron chi connectivity index (χ4n) is 1.87. The Kier molecular flexibility index (Phi) is 4.49. The maximum absolute atomic E-state index is 12.0. The van der Waals surface area contributed by atoms with Gasteiger partial charge in [-0.25, -0.2) is 14.3 Å². The first-order chi connectivity index (χ1) is 9.61.